The normalized spacial score (nSPS) is 10.1. The van der Waals surface area contributed by atoms with Crippen LogP contribution in [-0.4, -0.2) is 0 Å². The van der Waals surface area contributed by atoms with Gasteiger partial charge < -0.3 is 9.57 Å². The molecule has 94 valence electrons. The summed E-state index contributed by atoms with van der Waals surface area (Å²) in [4.78, 5) is 4.63. The van der Waals surface area contributed by atoms with Crippen LogP contribution in [0.3, 0.4) is 0 Å². The van der Waals surface area contributed by atoms with Gasteiger partial charge in [-0.15, -0.1) is 0 Å². The third-order valence-corrected chi connectivity index (χ3v) is 2.81. The standard InChI is InChI=1S/C15H17NO2/c1-2-13-5-3-4-6-15(13)17-11-12-7-9-14(18-16)10-8-12/h3-10H,2,11,16H2,1H3. The van der Waals surface area contributed by atoms with Crippen LogP contribution in [-0.2, 0) is 13.0 Å². The van der Waals surface area contributed by atoms with E-state index in [-0.39, 0.29) is 0 Å². The number of benzene rings is 2. The average Bonchev–Trinajstić information content (AvgIpc) is 2.46. The molecule has 0 bridgehead atoms. The molecule has 0 radical (unpaired) electrons. The molecule has 2 rings (SSSR count). The van der Waals surface area contributed by atoms with Crippen molar-refractivity contribution in [3.63, 3.8) is 0 Å². The largest absolute Gasteiger partial charge is 0.489 e. The highest BCUT2D eigenvalue weighted by atomic mass is 16.6. The second-order valence-electron chi connectivity index (χ2n) is 4.01. The van der Waals surface area contributed by atoms with Crippen LogP contribution in [0.25, 0.3) is 0 Å². The molecule has 2 aromatic rings. The van der Waals surface area contributed by atoms with Gasteiger partial charge in [0.1, 0.15) is 18.1 Å². The minimum Gasteiger partial charge on any atom is -0.489 e. The molecule has 18 heavy (non-hydrogen) atoms. The summed E-state index contributed by atoms with van der Waals surface area (Å²) in [5.74, 6) is 6.66. The fourth-order valence-corrected chi connectivity index (χ4v) is 1.76. The molecule has 0 aromatic heterocycles. The number of para-hydroxylation sites is 1. The summed E-state index contributed by atoms with van der Waals surface area (Å²) in [5.41, 5.74) is 2.31. The van der Waals surface area contributed by atoms with E-state index in [2.05, 4.69) is 17.8 Å². The van der Waals surface area contributed by atoms with Gasteiger partial charge in [-0.1, -0.05) is 37.3 Å². The number of aryl methyl sites for hydroxylation is 1. The zero-order chi connectivity index (χ0) is 12.8. The minimum absolute atomic E-state index is 0.544. The third-order valence-electron chi connectivity index (χ3n) is 2.81. The van der Waals surface area contributed by atoms with Crippen molar-refractivity contribution in [3.8, 4) is 11.5 Å². The molecule has 0 saturated heterocycles. The fourth-order valence-electron chi connectivity index (χ4n) is 1.76. The van der Waals surface area contributed by atoms with Gasteiger partial charge in [-0.25, -0.2) is 0 Å². The maximum atomic E-state index is 5.82. The third kappa shape index (κ3) is 3.02. The van der Waals surface area contributed by atoms with Gasteiger partial charge in [-0.2, -0.15) is 5.90 Å². The molecule has 0 heterocycles. The van der Waals surface area contributed by atoms with Crippen LogP contribution in [0.1, 0.15) is 18.1 Å². The number of hydrogen-bond donors (Lipinski definition) is 1. The first-order valence-electron chi connectivity index (χ1n) is 6.00. The van der Waals surface area contributed by atoms with E-state index in [0.29, 0.717) is 12.4 Å². The van der Waals surface area contributed by atoms with Gasteiger partial charge in [0.25, 0.3) is 0 Å². The first-order valence-corrected chi connectivity index (χ1v) is 6.00. The van der Waals surface area contributed by atoms with Crippen molar-refractivity contribution >= 4 is 0 Å². The molecule has 0 amide bonds. The molecule has 0 unspecified atom stereocenters. The van der Waals surface area contributed by atoms with Crippen LogP contribution in [0.5, 0.6) is 11.5 Å². The monoisotopic (exact) mass is 243 g/mol. The van der Waals surface area contributed by atoms with Gasteiger partial charge in [0.2, 0.25) is 0 Å². The lowest BCUT2D eigenvalue weighted by molar-refractivity contribution is 0.302. The van der Waals surface area contributed by atoms with Gasteiger partial charge >= 0.3 is 0 Å². The molecular formula is C15H17NO2. The second-order valence-corrected chi connectivity index (χ2v) is 4.01. The first kappa shape index (κ1) is 12.5. The zero-order valence-electron chi connectivity index (χ0n) is 10.4. The summed E-state index contributed by atoms with van der Waals surface area (Å²) >= 11 is 0. The predicted octanol–water partition coefficient (Wildman–Crippen LogP) is 3.08. The maximum Gasteiger partial charge on any atom is 0.146 e. The summed E-state index contributed by atoms with van der Waals surface area (Å²) in [7, 11) is 0. The average molecular weight is 243 g/mol. The topological polar surface area (TPSA) is 44.5 Å². The first-order chi connectivity index (χ1) is 8.83. The van der Waals surface area contributed by atoms with E-state index in [1.165, 1.54) is 5.56 Å². The van der Waals surface area contributed by atoms with Crippen LogP contribution in [0.2, 0.25) is 0 Å². The molecule has 0 aliphatic rings. The van der Waals surface area contributed by atoms with Crippen molar-refractivity contribution in [1.82, 2.24) is 0 Å². The number of rotatable bonds is 5. The smallest absolute Gasteiger partial charge is 0.146 e. The Bertz CT molecular complexity index is 494. The fraction of sp³-hybridized carbons (Fsp3) is 0.200. The van der Waals surface area contributed by atoms with Crippen LogP contribution in [0, 0.1) is 0 Å². The molecule has 3 nitrogen and oxygen atoms in total. The number of nitrogens with two attached hydrogens (primary N) is 1. The second kappa shape index (κ2) is 6.07. The van der Waals surface area contributed by atoms with Crippen LogP contribution in [0.15, 0.2) is 48.5 Å². The maximum absolute atomic E-state index is 5.82. The van der Waals surface area contributed by atoms with Gasteiger partial charge in [-0.3, -0.25) is 0 Å². The molecule has 2 N–H and O–H groups in total. The van der Waals surface area contributed by atoms with Gasteiger partial charge in [-0.05, 0) is 35.7 Å². The predicted molar refractivity (Wildman–Crippen MR) is 71.4 cm³/mol. The Hall–Kier alpha value is -2.00. The summed E-state index contributed by atoms with van der Waals surface area (Å²) in [6.07, 6.45) is 0.968. The zero-order valence-corrected chi connectivity index (χ0v) is 10.4. The van der Waals surface area contributed by atoms with Crippen molar-refractivity contribution in [2.75, 3.05) is 0 Å². The van der Waals surface area contributed by atoms with Crippen LogP contribution >= 0.6 is 0 Å². The highest BCUT2D eigenvalue weighted by Gasteiger charge is 2.01. The molecule has 0 aliphatic heterocycles. The SMILES string of the molecule is CCc1ccccc1OCc1ccc(ON)cc1. The Balaban J connectivity index is 2.02. The van der Waals surface area contributed by atoms with Crippen molar-refractivity contribution in [2.45, 2.75) is 20.0 Å². The lowest BCUT2D eigenvalue weighted by atomic mass is 10.1. The Morgan fingerprint density at radius 1 is 1.00 bits per heavy atom. The molecule has 3 heteroatoms. The summed E-state index contributed by atoms with van der Waals surface area (Å²) < 4.78 is 5.82. The Kier molecular flexibility index (Phi) is 4.20. The molecule has 0 spiro atoms. The van der Waals surface area contributed by atoms with E-state index in [0.717, 1.165) is 17.7 Å². The van der Waals surface area contributed by atoms with Gasteiger partial charge in [0.15, 0.2) is 0 Å². The van der Waals surface area contributed by atoms with Crippen LogP contribution in [0.4, 0.5) is 0 Å². The van der Waals surface area contributed by atoms with Crippen molar-refractivity contribution in [1.29, 1.82) is 0 Å². The van der Waals surface area contributed by atoms with E-state index in [1.54, 1.807) is 0 Å². The molecule has 0 aliphatic carbocycles. The highest BCUT2D eigenvalue weighted by Crippen LogP contribution is 2.20. The highest BCUT2D eigenvalue weighted by molar-refractivity contribution is 5.34. The molecule has 0 atom stereocenters. The Morgan fingerprint density at radius 3 is 2.39 bits per heavy atom. The van der Waals surface area contributed by atoms with E-state index in [9.17, 15) is 0 Å². The van der Waals surface area contributed by atoms with Gasteiger partial charge in [0, 0.05) is 0 Å². The molecular weight excluding hydrogens is 226 g/mol. The van der Waals surface area contributed by atoms with Crippen molar-refractivity contribution in [2.24, 2.45) is 5.90 Å². The summed E-state index contributed by atoms with van der Waals surface area (Å²) in [6, 6.07) is 15.6. The van der Waals surface area contributed by atoms with Crippen molar-refractivity contribution < 1.29 is 9.57 Å². The van der Waals surface area contributed by atoms with Gasteiger partial charge in [0.05, 0.1) is 0 Å². The molecule has 2 aromatic carbocycles. The molecule has 0 saturated carbocycles. The lowest BCUT2D eigenvalue weighted by Crippen LogP contribution is -2.02. The minimum atomic E-state index is 0.544. The number of ether oxygens (including phenoxy) is 1. The number of hydrogen-bond acceptors (Lipinski definition) is 3. The van der Waals surface area contributed by atoms with E-state index in [1.807, 2.05) is 42.5 Å². The summed E-state index contributed by atoms with van der Waals surface area (Å²) in [5, 5.41) is 0. The lowest BCUT2D eigenvalue weighted by Gasteiger charge is -2.10. The van der Waals surface area contributed by atoms with E-state index >= 15 is 0 Å². The van der Waals surface area contributed by atoms with Crippen LogP contribution < -0.4 is 15.5 Å². The van der Waals surface area contributed by atoms with E-state index < -0.39 is 0 Å². The molecule has 0 fully saturated rings. The summed E-state index contributed by atoms with van der Waals surface area (Å²) in [6.45, 7) is 2.66. The van der Waals surface area contributed by atoms with Crippen molar-refractivity contribution in [3.05, 3.63) is 59.7 Å². The Labute approximate surface area is 107 Å². The Morgan fingerprint density at radius 2 is 1.72 bits per heavy atom. The quantitative estimate of drug-likeness (QED) is 0.821. The van der Waals surface area contributed by atoms with E-state index in [4.69, 9.17) is 10.6 Å².